The first-order valence-electron chi connectivity index (χ1n) is 5.38. The minimum absolute atomic E-state index is 0.0444. The molecule has 0 aliphatic carbocycles. The zero-order valence-corrected chi connectivity index (χ0v) is 10.0. The SMILES string of the molecule is CCCC(F)CC(N)C(=O)OC(C)(C)C. The van der Waals surface area contributed by atoms with Gasteiger partial charge in [-0.1, -0.05) is 13.3 Å². The third-order valence-electron chi connectivity index (χ3n) is 1.82. The van der Waals surface area contributed by atoms with E-state index in [-0.39, 0.29) is 6.42 Å². The second-order valence-corrected chi connectivity index (χ2v) is 4.76. The van der Waals surface area contributed by atoms with Gasteiger partial charge in [-0.2, -0.15) is 0 Å². The summed E-state index contributed by atoms with van der Waals surface area (Å²) in [4.78, 5) is 11.4. The van der Waals surface area contributed by atoms with E-state index in [1.807, 2.05) is 6.92 Å². The van der Waals surface area contributed by atoms with Crippen molar-refractivity contribution in [1.82, 2.24) is 0 Å². The quantitative estimate of drug-likeness (QED) is 0.721. The van der Waals surface area contributed by atoms with Crippen molar-refractivity contribution in [2.24, 2.45) is 5.73 Å². The molecule has 0 aromatic carbocycles. The van der Waals surface area contributed by atoms with E-state index in [0.29, 0.717) is 6.42 Å². The zero-order valence-electron chi connectivity index (χ0n) is 10.0. The van der Waals surface area contributed by atoms with E-state index >= 15 is 0 Å². The van der Waals surface area contributed by atoms with E-state index in [2.05, 4.69) is 0 Å². The second kappa shape index (κ2) is 6.05. The molecule has 0 saturated carbocycles. The van der Waals surface area contributed by atoms with E-state index in [1.165, 1.54) is 0 Å². The van der Waals surface area contributed by atoms with Gasteiger partial charge < -0.3 is 10.5 Å². The summed E-state index contributed by atoms with van der Waals surface area (Å²) in [6, 6.07) is -0.856. The Labute approximate surface area is 91.2 Å². The highest BCUT2D eigenvalue weighted by atomic mass is 19.1. The first-order valence-corrected chi connectivity index (χ1v) is 5.38. The maximum absolute atomic E-state index is 13.2. The number of rotatable bonds is 5. The minimum atomic E-state index is -1.02. The molecule has 0 spiro atoms. The average Bonchev–Trinajstić information content (AvgIpc) is 2.00. The van der Waals surface area contributed by atoms with Gasteiger partial charge in [-0.05, 0) is 27.2 Å². The molecule has 0 fully saturated rings. The third-order valence-corrected chi connectivity index (χ3v) is 1.82. The third kappa shape index (κ3) is 7.31. The fourth-order valence-electron chi connectivity index (χ4n) is 1.18. The highest BCUT2D eigenvalue weighted by molar-refractivity contribution is 5.75. The molecule has 0 aromatic rings. The minimum Gasteiger partial charge on any atom is -0.459 e. The van der Waals surface area contributed by atoms with Crippen LogP contribution in [0.25, 0.3) is 0 Å². The molecule has 0 radical (unpaired) electrons. The predicted molar refractivity (Wildman–Crippen MR) is 58.2 cm³/mol. The van der Waals surface area contributed by atoms with Crippen LogP contribution in [0.2, 0.25) is 0 Å². The number of alkyl halides is 1. The van der Waals surface area contributed by atoms with Crippen molar-refractivity contribution in [3.05, 3.63) is 0 Å². The highest BCUT2D eigenvalue weighted by Crippen LogP contribution is 2.12. The van der Waals surface area contributed by atoms with Gasteiger partial charge in [0.05, 0.1) is 0 Å². The summed E-state index contributed by atoms with van der Waals surface area (Å²) in [7, 11) is 0. The number of carbonyl (C=O) groups is 1. The number of hydrogen-bond acceptors (Lipinski definition) is 3. The molecule has 0 amide bonds. The average molecular weight is 219 g/mol. The number of halogens is 1. The fourth-order valence-corrected chi connectivity index (χ4v) is 1.18. The number of esters is 1. The van der Waals surface area contributed by atoms with E-state index in [4.69, 9.17) is 10.5 Å². The maximum Gasteiger partial charge on any atom is 0.323 e. The van der Waals surface area contributed by atoms with Gasteiger partial charge in [-0.15, -0.1) is 0 Å². The van der Waals surface area contributed by atoms with Crippen molar-refractivity contribution in [1.29, 1.82) is 0 Å². The van der Waals surface area contributed by atoms with Crippen LogP contribution in [0.5, 0.6) is 0 Å². The molecule has 3 nitrogen and oxygen atoms in total. The van der Waals surface area contributed by atoms with Crippen LogP contribution >= 0.6 is 0 Å². The van der Waals surface area contributed by atoms with Gasteiger partial charge in [0.15, 0.2) is 0 Å². The number of ether oxygens (including phenoxy) is 1. The molecule has 0 aromatic heterocycles. The molecular formula is C11H22FNO2. The first kappa shape index (κ1) is 14.4. The molecule has 2 N–H and O–H groups in total. The summed E-state index contributed by atoms with van der Waals surface area (Å²) < 4.78 is 18.2. The molecule has 90 valence electrons. The molecular weight excluding hydrogens is 197 g/mol. The molecule has 0 aliphatic heterocycles. The predicted octanol–water partition coefficient (Wildman–Crippen LogP) is 2.18. The molecule has 0 rings (SSSR count). The van der Waals surface area contributed by atoms with Crippen LogP contribution in [-0.4, -0.2) is 23.8 Å². The molecule has 0 bridgehead atoms. The van der Waals surface area contributed by atoms with Crippen molar-refractivity contribution < 1.29 is 13.9 Å². The van der Waals surface area contributed by atoms with Crippen molar-refractivity contribution in [2.75, 3.05) is 0 Å². The van der Waals surface area contributed by atoms with Crippen molar-refractivity contribution in [2.45, 2.75) is 64.8 Å². The monoisotopic (exact) mass is 219 g/mol. The summed E-state index contributed by atoms with van der Waals surface area (Å²) in [5.41, 5.74) is 4.98. The fraction of sp³-hybridized carbons (Fsp3) is 0.909. The van der Waals surface area contributed by atoms with Crippen LogP contribution in [-0.2, 0) is 9.53 Å². The number of hydrogen-bond donors (Lipinski definition) is 1. The van der Waals surface area contributed by atoms with Crippen LogP contribution in [0, 0.1) is 0 Å². The van der Waals surface area contributed by atoms with Gasteiger partial charge >= 0.3 is 5.97 Å². The van der Waals surface area contributed by atoms with E-state index in [9.17, 15) is 9.18 Å². The molecule has 0 saturated heterocycles. The zero-order chi connectivity index (χ0) is 12.1. The number of carbonyl (C=O) groups excluding carboxylic acids is 1. The van der Waals surface area contributed by atoms with Crippen LogP contribution in [0.4, 0.5) is 4.39 Å². The Morgan fingerprint density at radius 1 is 1.47 bits per heavy atom. The molecule has 4 heteroatoms. The first-order chi connectivity index (χ1) is 6.76. The molecule has 0 aliphatic rings. The van der Waals surface area contributed by atoms with Crippen LogP contribution in [0.1, 0.15) is 47.0 Å². The van der Waals surface area contributed by atoms with Gasteiger partial charge in [0.25, 0.3) is 0 Å². The summed E-state index contributed by atoms with van der Waals surface area (Å²) in [5.74, 6) is -0.527. The maximum atomic E-state index is 13.2. The van der Waals surface area contributed by atoms with E-state index in [1.54, 1.807) is 20.8 Å². The Kier molecular flexibility index (Phi) is 5.80. The summed E-state index contributed by atoms with van der Waals surface area (Å²) in [6.07, 6.45) is 0.221. The van der Waals surface area contributed by atoms with Crippen molar-refractivity contribution in [3.8, 4) is 0 Å². The van der Waals surface area contributed by atoms with Crippen LogP contribution < -0.4 is 5.73 Å². The summed E-state index contributed by atoms with van der Waals surface area (Å²) in [5, 5.41) is 0. The van der Waals surface area contributed by atoms with E-state index < -0.39 is 23.8 Å². The van der Waals surface area contributed by atoms with Crippen molar-refractivity contribution >= 4 is 5.97 Å². The lowest BCUT2D eigenvalue weighted by molar-refractivity contribution is -0.157. The van der Waals surface area contributed by atoms with Crippen LogP contribution in [0.3, 0.4) is 0 Å². The molecule has 15 heavy (non-hydrogen) atoms. The Morgan fingerprint density at radius 3 is 2.40 bits per heavy atom. The standard InChI is InChI=1S/C11H22FNO2/c1-5-6-8(12)7-9(13)10(14)15-11(2,3)4/h8-9H,5-7,13H2,1-4H3. The van der Waals surface area contributed by atoms with Gasteiger partial charge in [0.1, 0.15) is 17.8 Å². The lowest BCUT2D eigenvalue weighted by Gasteiger charge is -2.22. The summed E-state index contributed by atoms with van der Waals surface area (Å²) >= 11 is 0. The lowest BCUT2D eigenvalue weighted by Crippen LogP contribution is -2.39. The molecule has 2 unspecified atom stereocenters. The largest absolute Gasteiger partial charge is 0.459 e. The van der Waals surface area contributed by atoms with Crippen molar-refractivity contribution in [3.63, 3.8) is 0 Å². The van der Waals surface area contributed by atoms with E-state index in [0.717, 1.165) is 6.42 Å². The van der Waals surface area contributed by atoms with Gasteiger partial charge in [-0.3, -0.25) is 4.79 Å². The topological polar surface area (TPSA) is 52.3 Å². The highest BCUT2D eigenvalue weighted by Gasteiger charge is 2.24. The second-order valence-electron chi connectivity index (χ2n) is 4.76. The molecule has 2 atom stereocenters. The van der Waals surface area contributed by atoms with Gasteiger partial charge in [-0.25, -0.2) is 4.39 Å². The Morgan fingerprint density at radius 2 is 2.00 bits per heavy atom. The van der Waals surface area contributed by atoms with Gasteiger partial charge in [0, 0.05) is 6.42 Å². The summed E-state index contributed by atoms with van der Waals surface area (Å²) in [6.45, 7) is 7.18. The Hall–Kier alpha value is -0.640. The smallest absolute Gasteiger partial charge is 0.323 e. The Bertz CT molecular complexity index is 201. The van der Waals surface area contributed by atoms with Gasteiger partial charge in [0.2, 0.25) is 0 Å². The molecule has 0 heterocycles. The van der Waals surface area contributed by atoms with Crippen LogP contribution in [0.15, 0.2) is 0 Å². The lowest BCUT2D eigenvalue weighted by atomic mass is 10.1. The number of nitrogens with two attached hydrogens (primary N) is 1. The normalized spacial score (nSPS) is 15.9. The Balaban J connectivity index is 3.99.